The van der Waals surface area contributed by atoms with E-state index in [0.29, 0.717) is 10.8 Å². The molecule has 2 rings (SSSR count). The van der Waals surface area contributed by atoms with E-state index in [4.69, 9.17) is 0 Å². The highest BCUT2D eigenvalue weighted by molar-refractivity contribution is 5.21. The summed E-state index contributed by atoms with van der Waals surface area (Å²) in [5.41, 5.74) is 1.17. The first-order chi connectivity index (χ1) is 5.06. The maximum absolute atomic E-state index is 2.49. The molecule has 0 heteroatoms. The molecule has 0 unspecified atom stereocenters. The molecule has 0 amide bonds. The van der Waals surface area contributed by atoms with Gasteiger partial charge in [0.05, 0.1) is 0 Å². The second kappa shape index (κ2) is 1.91. The van der Waals surface area contributed by atoms with Crippen molar-refractivity contribution < 1.29 is 0 Å². The smallest absolute Gasteiger partial charge is 0.00866 e. The van der Waals surface area contributed by atoms with Gasteiger partial charge in [-0.05, 0) is 36.0 Å². The first kappa shape index (κ1) is 7.39. The molecule has 0 saturated heterocycles. The maximum Gasteiger partial charge on any atom is -0.00866 e. The van der Waals surface area contributed by atoms with Crippen molar-refractivity contribution >= 4 is 0 Å². The molecule has 2 atom stereocenters. The fraction of sp³-hybridized carbons (Fsp3) is 0.818. The predicted molar refractivity (Wildman–Crippen MR) is 48.4 cm³/mol. The van der Waals surface area contributed by atoms with Crippen LogP contribution in [-0.2, 0) is 0 Å². The summed E-state index contributed by atoms with van der Waals surface area (Å²) in [6.07, 6.45) is 9.20. The Hall–Kier alpha value is -0.260. The van der Waals surface area contributed by atoms with Crippen LogP contribution in [-0.4, -0.2) is 0 Å². The molecule has 2 bridgehead atoms. The van der Waals surface area contributed by atoms with Crippen molar-refractivity contribution in [2.75, 3.05) is 0 Å². The van der Waals surface area contributed by atoms with E-state index in [2.05, 4.69) is 32.9 Å². The van der Waals surface area contributed by atoms with E-state index in [9.17, 15) is 0 Å². The third-order valence-electron chi connectivity index (χ3n) is 3.86. The molecule has 11 heavy (non-hydrogen) atoms. The predicted octanol–water partition coefficient (Wildman–Crippen LogP) is 3.39. The molecule has 0 aliphatic heterocycles. The Morgan fingerprint density at radius 3 is 2.09 bits per heavy atom. The molecule has 0 aromatic carbocycles. The summed E-state index contributed by atoms with van der Waals surface area (Å²) in [5, 5.41) is 0. The zero-order valence-electron chi connectivity index (χ0n) is 7.85. The third-order valence-corrected chi connectivity index (χ3v) is 3.86. The topological polar surface area (TPSA) is 0 Å². The number of allylic oxidation sites excluding steroid dienone is 2. The van der Waals surface area contributed by atoms with Gasteiger partial charge in [0.15, 0.2) is 0 Å². The van der Waals surface area contributed by atoms with Crippen LogP contribution in [0.5, 0.6) is 0 Å². The fourth-order valence-corrected chi connectivity index (χ4v) is 2.78. The van der Waals surface area contributed by atoms with Crippen LogP contribution in [0, 0.1) is 16.7 Å². The van der Waals surface area contributed by atoms with Crippen molar-refractivity contribution in [3.63, 3.8) is 0 Å². The van der Waals surface area contributed by atoms with Crippen LogP contribution < -0.4 is 0 Å². The monoisotopic (exact) mass is 150 g/mol. The quantitative estimate of drug-likeness (QED) is 0.503. The Morgan fingerprint density at radius 1 is 1.18 bits per heavy atom. The van der Waals surface area contributed by atoms with Gasteiger partial charge in [-0.1, -0.05) is 32.9 Å². The Bertz CT molecular complexity index is 202. The molecule has 0 N–H and O–H groups in total. The van der Waals surface area contributed by atoms with Gasteiger partial charge in [0.1, 0.15) is 0 Å². The lowest BCUT2D eigenvalue weighted by Gasteiger charge is -2.27. The minimum absolute atomic E-state index is 0.574. The molecular weight excluding hydrogens is 132 g/mol. The van der Waals surface area contributed by atoms with Crippen LogP contribution in [0.3, 0.4) is 0 Å². The van der Waals surface area contributed by atoms with Crippen molar-refractivity contribution in [1.29, 1.82) is 0 Å². The van der Waals surface area contributed by atoms with Gasteiger partial charge in [-0.2, -0.15) is 0 Å². The van der Waals surface area contributed by atoms with Crippen LogP contribution in [0.25, 0.3) is 0 Å². The molecule has 1 saturated carbocycles. The maximum atomic E-state index is 2.49. The van der Waals surface area contributed by atoms with E-state index in [1.807, 2.05) is 0 Å². The molecule has 2 aliphatic rings. The highest BCUT2D eigenvalue weighted by Crippen LogP contribution is 2.59. The van der Waals surface area contributed by atoms with Gasteiger partial charge in [0.2, 0.25) is 0 Å². The highest BCUT2D eigenvalue weighted by Gasteiger charge is 2.48. The van der Waals surface area contributed by atoms with Gasteiger partial charge in [0, 0.05) is 0 Å². The third kappa shape index (κ3) is 0.881. The summed E-state index contributed by atoms with van der Waals surface area (Å²) in [6.45, 7) is 7.13. The molecule has 0 heterocycles. The normalized spacial score (nSPS) is 47.6. The molecular formula is C11H18. The van der Waals surface area contributed by atoms with Gasteiger partial charge in [0.25, 0.3) is 0 Å². The Labute approximate surface area is 69.7 Å². The summed E-state index contributed by atoms with van der Waals surface area (Å²) in [5.74, 6) is 0.836. The van der Waals surface area contributed by atoms with Gasteiger partial charge >= 0.3 is 0 Å². The van der Waals surface area contributed by atoms with Crippen LogP contribution in [0.4, 0.5) is 0 Å². The minimum atomic E-state index is 0.574. The SMILES string of the molecule is CC(C)[C@]12C=C[C@](C)(CC1)C2. The fourth-order valence-electron chi connectivity index (χ4n) is 2.78. The van der Waals surface area contributed by atoms with Crippen LogP contribution in [0.1, 0.15) is 40.0 Å². The highest BCUT2D eigenvalue weighted by atomic mass is 14.5. The number of rotatable bonds is 1. The van der Waals surface area contributed by atoms with E-state index in [-0.39, 0.29) is 0 Å². The van der Waals surface area contributed by atoms with Crippen LogP contribution in [0.15, 0.2) is 12.2 Å². The molecule has 0 aromatic heterocycles. The molecule has 62 valence electrons. The summed E-state index contributed by atoms with van der Waals surface area (Å²) < 4.78 is 0. The molecule has 2 aliphatic carbocycles. The first-order valence-electron chi connectivity index (χ1n) is 4.77. The van der Waals surface area contributed by atoms with Crippen molar-refractivity contribution in [3.05, 3.63) is 12.2 Å². The first-order valence-corrected chi connectivity index (χ1v) is 4.77. The number of fused-ring (bicyclic) bond motifs is 2. The lowest BCUT2D eigenvalue weighted by molar-refractivity contribution is 0.271. The minimum Gasteiger partial charge on any atom is -0.0820 e. The lowest BCUT2D eigenvalue weighted by Crippen LogP contribution is -2.19. The average Bonchev–Trinajstić information content (AvgIpc) is 2.42. The average molecular weight is 150 g/mol. The summed E-state index contributed by atoms with van der Waals surface area (Å²) in [4.78, 5) is 0. The lowest BCUT2D eigenvalue weighted by atomic mass is 9.77. The summed E-state index contributed by atoms with van der Waals surface area (Å²) >= 11 is 0. The van der Waals surface area contributed by atoms with Crippen LogP contribution >= 0.6 is 0 Å². The van der Waals surface area contributed by atoms with E-state index in [1.165, 1.54) is 19.3 Å². The molecule has 0 nitrogen and oxygen atoms in total. The van der Waals surface area contributed by atoms with E-state index in [0.717, 1.165) is 5.92 Å². The van der Waals surface area contributed by atoms with Gasteiger partial charge < -0.3 is 0 Å². The standard InChI is InChI=1S/C11H18/c1-9(2)11-6-4-10(3,8-11)5-7-11/h4,6,9H,5,7-8H2,1-3H3/t10-,11-/m1/s1. The van der Waals surface area contributed by atoms with Gasteiger partial charge in [-0.25, -0.2) is 0 Å². The second-order valence-corrected chi connectivity index (χ2v) is 5.05. The zero-order chi connectivity index (χ0) is 8.11. The number of hydrogen-bond donors (Lipinski definition) is 0. The number of hydrogen-bond acceptors (Lipinski definition) is 0. The molecule has 0 radical (unpaired) electrons. The zero-order valence-corrected chi connectivity index (χ0v) is 7.85. The van der Waals surface area contributed by atoms with E-state index >= 15 is 0 Å². The largest absolute Gasteiger partial charge is 0.0820 e. The summed E-state index contributed by atoms with van der Waals surface area (Å²) in [7, 11) is 0. The van der Waals surface area contributed by atoms with Gasteiger partial charge in [-0.3, -0.25) is 0 Å². The van der Waals surface area contributed by atoms with Crippen molar-refractivity contribution in [2.45, 2.75) is 40.0 Å². The van der Waals surface area contributed by atoms with Crippen molar-refractivity contribution in [1.82, 2.24) is 0 Å². The van der Waals surface area contributed by atoms with E-state index in [1.54, 1.807) is 0 Å². The second-order valence-electron chi connectivity index (χ2n) is 5.05. The Morgan fingerprint density at radius 2 is 1.91 bits per heavy atom. The Balaban J connectivity index is 2.29. The summed E-state index contributed by atoms with van der Waals surface area (Å²) in [6, 6.07) is 0. The Kier molecular flexibility index (Phi) is 1.28. The van der Waals surface area contributed by atoms with E-state index < -0.39 is 0 Å². The molecule has 0 aromatic rings. The van der Waals surface area contributed by atoms with Crippen LogP contribution in [0.2, 0.25) is 0 Å². The van der Waals surface area contributed by atoms with Gasteiger partial charge in [-0.15, -0.1) is 0 Å². The van der Waals surface area contributed by atoms with Crippen molar-refractivity contribution in [3.8, 4) is 0 Å². The van der Waals surface area contributed by atoms with Crippen molar-refractivity contribution in [2.24, 2.45) is 16.7 Å². The molecule has 0 spiro atoms. The molecule has 1 fully saturated rings.